The van der Waals surface area contributed by atoms with Gasteiger partial charge in [0.1, 0.15) is 0 Å². The summed E-state index contributed by atoms with van der Waals surface area (Å²) in [6.45, 7) is 0. The fourth-order valence-corrected chi connectivity index (χ4v) is 2.80. The first-order chi connectivity index (χ1) is 9.53. The normalized spacial score (nSPS) is 16.1. The molecule has 2 amide bonds. The molecule has 0 bridgehead atoms. The molecule has 0 heterocycles. The molecule has 0 spiro atoms. The second-order valence-electron chi connectivity index (χ2n) is 5.02. The Hall–Kier alpha value is -1.69. The van der Waals surface area contributed by atoms with E-state index >= 15 is 0 Å². The summed E-state index contributed by atoms with van der Waals surface area (Å²) in [5.41, 5.74) is 0.131. The van der Waals surface area contributed by atoms with E-state index in [-0.39, 0.29) is 12.5 Å². The van der Waals surface area contributed by atoms with Crippen molar-refractivity contribution in [1.82, 2.24) is 5.32 Å². The van der Waals surface area contributed by atoms with Crippen LogP contribution in [0.5, 0.6) is 0 Å². The van der Waals surface area contributed by atoms with E-state index in [9.17, 15) is 9.59 Å². The summed E-state index contributed by atoms with van der Waals surface area (Å²) in [6, 6.07) is 7.19. The zero-order chi connectivity index (χ0) is 14.6. The molecule has 1 aliphatic rings. The summed E-state index contributed by atoms with van der Waals surface area (Å²) < 4.78 is 0. The maximum absolute atomic E-state index is 12.0. The van der Waals surface area contributed by atoms with Crippen molar-refractivity contribution >= 4 is 29.4 Å². The lowest BCUT2D eigenvalue weighted by molar-refractivity contribution is -0.139. The number of benzene rings is 1. The Labute approximate surface area is 122 Å². The van der Waals surface area contributed by atoms with Gasteiger partial charge >= 0.3 is 12.0 Å². The molecule has 0 saturated heterocycles. The highest BCUT2D eigenvalue weighted by Gasteiger charge is 2.40. The molecule has 0 atom stereocenters. The van der Waals surface area contributed by atoms with Gasteiger partial charge in [0.25, 0.3) is 0 Å². The Kier molecular flexibility index (Phi) is 4.54. The van der Waals surface area contributed by atoms with Crippen LogP contribution in [0.3, 0.4) is 0 Å². The molecule has 3 N–H and O–H groups in total. The number of urea groups is 1. The van der Waals surface area contributed by atoms with E-state index in [2.05, 4.69) is 10.6 Å². The quantitative estimate of drug-likeness (QED) is 0.730. The summed E-state index contributed by atoms with van der Waals surface area (Å²) in [6.07, 6.45) is 4.34. The van der Waals surface area contributed by atoms with Crippen molar-refractivity contribution in [2.45, 2.75) is 36.1 Å². The predicted octanol–water partition coefficient (Wildman–Crippen LogP) is 2.93. The number of hydrogen-bond acceptors (Lipinski definition) is 3. The number of thioether (sulfide) groups is 1. The SMILES string of the molecule is CSc1cccc(NC(=O)NC2(CC(=O)O)CCC2)c1. The van der Waals surface area contributed by atoms with Gasteiger partial charge < -0.3 is 15.7 Å². The molecule has 1 fully saturated rings. The zero-order valence-electron chi connectivity index (χ0n) is 11.3. The van der Waals surface area contributed by atoms with E-state index < -0.39 is 11.5 Å². The monoisotopic (exact) mass is 294 g/mol. The minimum atomic E-state index is -0.880. The molecule has 20 heavy (non-hydrogen) atoms. The molecule has 6 heteroatoms. The third-order valence-corrected chi connectivity index (χ3v) is 4.23. The number of hydrogen-bond donors (Lipinski definition) is 3. The van der Waals surface area contributed by atoms with Gasteiger partial charge in [-0.3, -0.25) is 4.79 Å². The largest absolute Gasteiger partial charge is 0.481 e. The smallest absolute Gasteiger partial charge is 0.319 e. The average molecular weight is 294 g/mol. The fraction of sp³-hybridized carbons (Fsp3) is 0.429. The van der Waals surface area contributed by atoms with Gasteiger partial charge in [-0.05, 0) is 43.7 Å². The molecule has 1 saturated carbocycles. The fourth-order valence-electron chi connectivity index (χ4n) is 2.34. The highest BCUT2D eigenvalue weighted by Crippen LogP contribution is 2.35. The van der Waals surface area contributed by atoms with Gasteiger partial charge in [-0.15, -0.1) is 11.8 Å². The zero-order valence-corrected chi connectivity index (χ0v) is 12.1. The van der Waals surface area contributed by atoms with Crippen LogP contribution < -0.4 is 10.6 Å². The molecule has 108 valence electrons. The van der Waals surface area contributed by atoms with E-state index in [1.165, 1.54) is 0 Å². The van der Waals surface area contributed by atoms with Crippen LogP contribution in [0.25, 0.3) is 0 Å². The van der Waals surface area contributed by atoms with Crippen molar-refractivity contribution in [3.63, 3.8) is 0 Å². The van der Waals surface area contributed by atoms with E-state index in [1.54, 1.807) is 11.8 Å². The number of anilines is 1. The average Bonchev–Trinajstić information content (AvgIpc) is 2.35. The van der Waals surface area contributed by atoms with E-state index in [0.29, 0.717) is 5.69 Å². The molecule has 0 radical (unpaired) electrons. The predicted molar refractivity (Wildman–Crippen MR) is 79.2 cm³/mol. The highest BCUT2D eigenvalue weighted by molar-refractivity contribution is 7.98. The van der Waals surface area contributed by atoms with Gasteiger partial charge in [0.2, 0.25) is 0 Å². The number of carbonyl (C=O) groups excluding carboxylic acids is 1. The van der Waals surface area contributed by atoms with Crippen molar-refractivity contribution < 1.29 is 14.7 Å². The first-order valence-corrected chi connectivity index (χ1v) is 7.70. The van der Waals surface area contributed by atoms with E-state index in [0.717, 1.165) is 24.2 Å². The van der Waals surface area contributed by atoms with Gasteiger partial charge in [-0.1, -0.05) is 6.07 Å². The number of rotatable bonds is 5. The first-order valence-electron chi connectivity index (χ1n) is 6.48. The topological polar surface area (TPSA) is 78.4 Å². The first kappa shape index (κ1) is 14.7. The molecular formula is C14H18N2O3S. The Morgan fingerprint density at radius 1 is 1.40 bits per heavy atom. The lowest BCUT2D eigenvalue weighted by Gasteiger charge is -2.41. The van der Waals surface area contributed by atoms with E-state index in [1.807, 2.05) is 30.5 Å². The van der Waals surface area contributed by atoms with Crippen LogP contribution >= 0.6 is 11.8 Å². The molecule has 2 rings (SSSR count). The number of aliphatic carboxylic acids is 1. The van der Waals surface area contributed by atoms with Gasteiger partial charge in [0.05, 0.1) is 12.0 Å². The molecule has 0 aromatic heterocycles. The van der Waals surface area contributed by atoms with Crippen molar-refractivity contribution in [1.29, 1.82) is 0 Å². The molecule has 1 aromatic carbocycles. The number of carbonyl (C=O) groups is 2. The minimum Gasteiger partial charge on any atom is -0.481 e. The standard InChI is InChI=1S/C14H18N2O3S/c1-20-11-5-2-4-10(8-11)15-13(19)16-14(6-3-7-14)9-12(17)18/h2,4-5,8H,3,6-7,9H2,1H3,(H,17,18)(H2,15,16,19). The lowest BCUT2D eigenvalue weighted by atomic mass is 9.74. The summed E-state index contributed by atoms with van der Waals surface area (Å²) in [5.74, 6) is -0.880. The van der Waals surface area contributed by atoms with Crippen LogP contribution in [0.15, 0.2) is 29.2 Å². The highest BCUT2D eigenvalue weighted by atomic mass is 32.2. The van der Waals surface area contributed by atoms with Gasteiger partial charge in [0, 0.05) is 10.6 Å². The second-order valence-corrected chi connectivity index (χ2v) is 5.90. The van der Waals surface area contributed by atoms with Crippen LogP contribution in [0.1, 0.15) is 25.7 Å². The Morgan fingerprint density at radius 2 is 2.15 bits per heavy atom. The number of carboxylic acid groups (broad SMARTS) is 1. The minimum absolute atomic E-state index is 0.0225. The van der Waals surface area contributed by atoms with Crippen molar-refractivity contribution in [3.8, 4) is 0 Å². The third-order valence-electron chi connectivity index (χ3n) is 3.51. The van der Waals surface area contributed by atoms with Crippen LogP contribution in [0, 0.1) is 0 Å². The van der Waals surface area contributed by atoms with Gasteiger partial charge in [-0.25, -0.2) is 4.79 Å². The van der Waals surface area contributed by atoms with E-state index in [4.69, 9.17) is 5.11 Å². The molecule has 5 nitrogen and oxygen atoms in total. The second kappa shape index (κ2) is 6.17. The molecule has 1 aromatic rings. The third kappa shape index (κ3) is 3.66. The van der Waals surface area contributed by atoms with Crippen LogP contribution in [0.4, 0.5) is 10.5 Å². The maximum atomic E-state index is 12.0. The molecule has 0 unspecified atom stereocenters. The lowest BCUT2D eigenvalue weighted by Crippen LogP contribution is -2.55. The Balaban J connectivity index is 1.96. The van der Waals surface area contributed by atoms with Gasteiger partial charge in [-0.2, -0.15) is 0 Å². The Morgan fingerprint density at radius 3 is 2.70 bits per heavy atom. The van der Waals surface area contributed by atoms with Crippen LogP contribution in [0.2, 0.25) is 0 Å². The van der Waals surface area contributed by atoms with Crippen molar-refractivity contribution in [2.24, 2.45) is 0 Å². The van der Waals surface area contributed by atoms with Crippen LogP contribution in [-0.2, 0) is 4.79 Å². The van der Waals surface area contributed by atoms with Crippen molar-refractivity contribution in [3.05, 3.63) is 24.3 Å². The molecule has 1 aliphatic carbocycles. The van der Waals surface area contributed by atoms with Crippen LogP contribution in [-0.4, -0.2) is 28.9 Å². The van der Waals surface area contributed by atoms with Crippen molar-refractivity contribution in [2.75, 3.05) is 11.6 Å². The summed E-state index contributed by atoms with van der Waals surface area (Å²) in [4.78, 5) is 23.9. The molecular weight excluding hydrogens is 276 g/mol. The summed E-state index contributed by atoms with van der Waals surface area (Å²) >= 11 is 1.60. The number of nitrogens with one attached hydrogen (secondary N) is 2. The number of amides is 2. The summed E-state index contributed by atoms with van der Waals surface area (Å²) in [5, 5.41) is 14.5. The summed E-state index contributed by atoms with van der Waals surface area (Å²) in [7, 11) is 0. The number of carboxylic acids is 1. The maximum Gasteiger partial charge on any atom is 0.319 e. The van der Waals surface area contributed by atoms with Gasteiger partial charge in [0.15, 0.2) is 0 Å². The molecule has 0 aliphatic heterocycles. The Bertz CT molecular complexity index is 515.